The van der Waals surface area contributed by atoms with Crippen LogP contribution in [0.1, 0.15) is 73.4 Å². The van der Waals surface area contributed by atoms with Gasteiger partial charge in [-0.1, -0.05) is 59.7 Å². The monoisotopic (exact) mass is 442 g/mol. The molecular formula is C25H34O5Si. The Balaban J connectivity index is 2.30. The molecule has 0 amide bonds. The van der Waals surface area contributed by atoms with Crippen LogP contribution >= 0.6 is 0 Å². The molecule has 6 heteroatoms. The summed E-state index contributed by atoms with van der Waals surface area (Å²) in [6, 6.07) is 11.9. The smallest absolute Gasteiger partial charge is 0.338 e. The Morgan fingerprint density at radius 1 is 0.968 bits per heavy atom. The van der Waals surface area contributed by atoms with Crippen LogP contribution in [0.5, 0.6) is 5.75 Å². The molecule has 0 saturated carbocycles. The van der Waals surface area contributed by atoms with Gasteiger partial charge in [0.1, 0.15) is 12.4 Å². The zero-order valence-corrected chi connectivity index (χ0v) is 20.8. The summed E-state index contributed by atoms with van der Waals surface area (Å²) in [4.78, 5) is 24.1. The highest BCUT2D eigenvalue weighted by molar-refractivity contribution is 6.74. The zero-order valence-electron chi connectivity index (χ0n) is 19.8. The standard InChI is InChI=1S/C25H34O5Si/c1-24(2,3)20-15-17(13-14-21(20)30-31(7,8)25(4,5)6)23(28)29-16-18-11-9-10-12-19(18)22(26)27/h9-15H,16H2,1-8H3,(H,26,27). The second-order valence-electron chi connectivity index (χ2n) is 10.4. The molecule has 0 aromatic heterocycles. The Morgan fingerprint density at radius 2 is 1.58 bits per heavy atom. The predicted molar refractivity (Wildman–Crippen MR) is 125 cm³/mol. The minimum Gasteiger partial charge on any atom is -0.543 e. The van der Waals surface area contributed by atoms with E-state index in [1.165, 1.54) is 6.07 Å². The molecular weight excluding hydrogens is 408 g/mol. The van der Waals surface area contributed by atoms with Crippen molar-refractivity contribution in [2.45, 2.75) is 71.7 Å². The summed E-state index contributed by atoms with van der Waals surface area (Å²) in [7, 11) is -2.05. The molecule has 2 rings (SSSR count). The van der Waals surface area contributed by atoms with Gasteiger partial charge in [0.2, 0.25) is 8.32 Å². The second-order valence-corrected chi connectivity index (χ2v) is 15.1. The molecule has 5 nitrogen and oxygen atoms in total. The van der Waals surface area contributed by atoms with Crippen LogP contribution in [-0.4, -0.2) is 25.4 Å². The molecule has 0 bridgehead atoms. The van der Waals surface area contributed by atoms with Gasteiger partial charge in [0, 0.05) is 5.56 Å². The lowest BCUT2D eigenvalue weighted by Gasteiger charge is -2.38. The van der Waals surface area contributed by atoms with Gasteiger partial charge in [-0.2, -0.15) is 0 Å². The molecule has 0 aliphatic heterocycles. The van der Waals surface area contributed by atoms with Crippen molar-refractivity contribution in [2.24, 2.45) is 0 Å². The first-order valence-corrected chi connectivity index (χ1v) is 13.4. The fraction of sp³-hybridized carbons (Fsp3) is 0.440. The highest BCUT2D eigenvalue weighted by atomic mass is 28.4. The summed E-state index contributed by atoms with van der Waals surface area (Å²) in [5.74, 6) is -0.745. The maximum Gasteiger partial charge on any atom is 0.338 e. The maximum atomic E-state index is 12.7. The topological polar surface area (TPSA) is 72.8 Å². The molecule has 0 heterocycles. The molecule has 0 atom stereocenters. The summed E-state index contributed by atoms with van der Waals surface area (Å²) in [5.41, 5.74) is 1.71. The first-order valence-electron chi connectivity index (χ1n) is 10.5. The molecule has 1 N–H and O–H groups in total. The molecule has 0 radical (unpaired) electrons. The lowest BCUT2D eigenvalue weighted by Crippen LogP contribution is -2.44. The number of benzene rings is 2. The van der Waals surface area contributed by atoms with Crippen molar-refractivity contribution >= 4 is 20.3 Å². The summed E-state index contributed by atoms with van der Waals surface area (Å²) in [6.45, 7) is 17.1. The van der Waals surface area contributed by atoms with Gasteiger partial charge in [-0.15, -0.1) is 0 Å². The first kappa shape index (κ1) is 24.7. The number of ether oxygens (including phenoxy) is 1. The molecule has 2 aromatic rings. The molecule has 0 aliphatic rings. The summed E-state index contributed by atoms with van der Waals surface area (Å²) >= 11 is 0. The Bertz CT molecular complexity index is 965. The fourth-order valence-corrected chi connectivity index (χ4v) is 3.88. The third kappa shape index (κ3) is 5.97. The summed E-state index contributed by atoms with van der Waals surface area (Å²) < 4.78 is 12.0. The number of carbonyl (C=O) groups excluding carboxylic acids is 1. The van der Waals surface area contributed by atoms with Gasteiger partial charge in [0.05, 0.1) is 11.1 Å². The molecule has 2 aromatic carbocycles. The Morgan fingerprint density at radius 3 is 2.13 bits per heavy atom. The average Bonchev–Trinajstić information content (AvgIpc) is 2.64. The van der Waals surface area contributed by atoms with Crippen molar-refractivity contribution in [3.8, 4) is 5.75 Å². The van der Waals surface area contributed by atoms with Crippen LogP contribution in [0.25, 0.3) is 0 Å². The maximum absolute atomic E-state index is 12.7. The van der Waals surface area contributed by atoms with Crippen molar-refractivity contribution in [1.29, 1.82) is 0 Å². The number of hydrogen-bond donors (Lipinski definition) is 1. The van der Waals surface area contributed by atoms with Gasteiger partial charge in [-0.05, 0) is 53.4 Å². The van der Waals surface area contributed by atoms with Crippen LogP contribution in [0.4, 0.5) is 0 Å². The Kier molecular flexibility index (Phi) is 7.06. The van der Waals surface area contributed by atoms with Crippen molar-refractivity contribution in [1.82, 2.24) is 0 Å². The van der Waals surface area contributed by atoms with Crippen LogP contribution in [0.15, 0.2) is 42.5 Å². The third-order valence-corrected chi connectivity index (χ3v) is 10.1. The van der Waals surface area contributed by atoms with Gasteiger partial charge in [0.25, 0.3) is 0 Å². The van der Waals surface area contributed by atoms with Gasteiger partial charge >= 0.3 is 11.9 Å². The van der Waals surface area contributed by atoms with Crippen molar-refractivity contribution in [3.63, 3.8) is 0 Å². The van der Waals surface area contributed by atoms with E-state index in [2.05, 4.69) is 54.6 Å². The SMILES string of the molecule is CC(C)(C)c1cc(C(=O)OCc2ccccc2C(=O)O)ccc1O[Si](C)(C)C(C)(C)C. The van der Waals surface area contributed by atoms with Crippen molar-refractivity contribution < 1.29 is 23.9 Å². The van der Waals surface area contributed by atoms with Crippen molar-refractivity contribution in [2.75, 3.05) is 0 Å². The Hall–Kier alpha value is -2.60. The number of rotatable bonds is 6. The molecule has 0 aliphatic carbocycles. The van der Waals surface area contributed by atoms with Crippen LogP contribution in [0.2, 0.25) is 18.1 Å². The van der Waals surface area contributed by atoms with Gasteiger partial charge < -0.3 is 14.3 Å². The lowest BCUT2D eigenvalue weighted by molar-refractivity contribution is 0.0465. The second kappa shape index (κ2) is 8.87. The number of esters is 1. The third-order valence-electron chi connectivity index (χ3n) is 5.80. The molecule has 168 valence electrons. The Labute approximate surface area is 186 Å². The van der Waals surface area contributed by atoms with Crippen LogP contribution in [0.3, 0.4) is 0 Å². The normalized spacial score (nSPS) is 12.4. The first-order chi connectivity index (χ1) is 14.1. The molecule has 0 unspecified atom stereocenters. The van der Waals surface area contributed by atoms with Gasteiger partial charge in [-0.25, -0.2) is 9.59 Å². The minimum atomic E-state index is -2.05. The number of carbonyl (C=O) groups is 2. The number of aromatic carboxylic acids is 1. The molecule has 31 heavy (non-hydrogen) atoms. The fourth-order valence-electron chi connectivity index (χ4n) is 2.84. The van der Waals surface area contributed by atoms with E-state index in [0.717, 1.165) is 11.3 Å². The highest BCUT2D eigenvalue weighted by Gasteiger charge is 2.40. The minimum absolute atomic E-state index is 0.0529. The summed E-state index contributed by atoms with van der Waals surface area (Å²) in [6.07, 6.45) is 0. The van der Waals surface area contributed by atoms with E-state index in [4.69, 9.17) is 9.16 Å². The van der Waals surface area contributed by atoms with E-state index in [1.54, 1.807) is 24.3 Å². The molecule has 0 spiro atoms. The van der Waals surface area contributed by atoms with E-state index in [0.29, 0.717) is 11.1 Å². The number of carboxylic acid groups (broad SMARTS) is 1. The number of hydrogen-bond acceptors (Lipinski definition) is 4. The van der Waals surface area contributed by atoms with E-state index >= 15 is 0 Å². The van der Waals surface area contributed by atoms with E-state index in [1.807, 2.05) is 12.1 Å². The quantitative estimate of drug-likeness (QED) is 0.412. The largest absolute Gasteiger partial charge is 0.543 e. The summed E-state index contributed by atoms with van der Waals surface area (Å²) in [5, 5.41) is 9.36. The van der Waals surface area contributed by atoms with Gasteiger partial charge in [0.15, 0.2) is 0 Å². The zero-order chi connectivity index (χ0) is 23.6. The average molecular weight is 443 g/mol. The van der Waals surface area contributed by atoms with E-state index in [9.17, 15) is 14.7 Å². The van der Waals surface area contributed by atoms with Crippen LogP contribution in [-0.2, 0) is 16.8 Å². The lowest BCUT2D eigenvalue weighted by atomic mass is 9.85. The predicted octanol–water partition coefficient (Wildman–Crippen LogP) is 6.42. The van der Waals surface area contributed by atoms with Crippen LogP contribution < -0.4 is 4.43 Å². The highest BCUT2D eigenvalue weighted by Crippen LogP contribution is 2.40. The van der Waals surface area contributed by atoms with E-state index in [-0.39, 0.29) is 22.6 Å². The number of carboxylic acids is 1. The molecule has 0 saturated heterocycles. The molecule has 0 fully saturated rings. The van der Waals surface area contributed by atoms with Crippen molar-refractivity contribution in [3.05, 3.63) is 64.7 Å². The van der Waals surface area contributed by atoms with E-state index < -0.39 is 20.3 Å². The van der Waals surface area contributed by atoms with Crippen LogP contribution in [0, 0.1) is 0 Å². The van der Waals surface area contributed by atoms with Gasteiger partial charge in [-0.3, -0.25) is 0 Å².